The molecule has 0 saturated carbocycles. The Bertz CT molecular complexity index is 800. The van der Waals surface area contributed by atoms with Crippen LogP contribution in [0.5, 0.6) is 0 Å². The fourth-order valence-corrected chi connectivity index (χ4v) is 2.48. The average molecular weight is 345 g/mol. The fourth-order valence-electron chi connectivity index (χ4n) is 2.26. The highest BCUT2D eigenvalue weighted by Gasteiger charge is 2.23. The van der Waals surface area contributed by atoms with Crippen molar-refractivity contribution in [3.63, 3.8) is 0 Å². The van der Waals surface area contributed by atoms with Crippen LogP contribution in [0.3, 0.4) is 0 Å². The number of pyridine rings is 1. The van der Waals surface area contributed by atoms with E-state index < -0.39 is 0 Å². The molecule has 1 atom stereocenters. The molecule has 0 aliphatic rings. The molecular formula is C16H17ClN6O. The van der Waals surface area contributed by atoms with Gasteiger partial charge in [-0.3, -0.25) is 4.98 Å². The van der Waals surface area contributed by atoms with Crippen molar-refractivity contribution in [1.82, 2.24) is 25.1 Å². The van der Waals surface area contributed by atoms with Gasteiger partial charge in [-0.2, -0.15) is 4.98 Å². The lowest BCUT2D eigenvalue weighted by Gasteiger charge is -2.19. The summed E-state index contributed by atoms with van der Waals surface area (Å²) in [6.07, 6.45) is 3.38. The average Bonchev–Trinajstić information content (AvgIpc) is 3.02. The number of rotatable bonds is 5. The molecule has 3 aromatic rings. The molecule has 0 radical (unpaired) electrons. The Balaban J connectivity index is 1.87. The van der Waals surface area contributed by atoms with Crippen LogP contribution >= 0.6 is 11.6 Å². The van der Waals surface area contributed by atoms with Gasteiger partial charge >= 0.3 is 0 Å². The molecule has 1 unspecified atom stereocenters. The molecule has 0 aliphatic heterocycles. The summed E-state index contributed by atoms with van der Waals surface area (Å²) in [5.74, 6) is 2.43. The molecule has 3 heterocycles. The Kier molecular flexibility index (Phi) is 4.71. The standard InChI is InChI=1S/C16H17ClN6O/c1-9(2)14(21-13-8-12(17)19-10(3)20-13)16-22-15(23-24-16)11-4-6-18-7-5-11/h4-9,14H,1-3H3,(H,19,20,21). The highest BCUT2D eigenvalue weighted by molar-refractivity contribution is 6.29. The molecule has 0 spiro atoms. The third-order valence-corrected chi connectivity index (χ3v) is 3.62. The summed E-state index contributed by atoms with van der Waals surface area (Å²) in [6.45, 7) is 5.91. The molecule has 124 valence electrons. The first-order valence-electron chi connectivity index (χ1n) is 7.54. The molecule has 0 saturated heterocycles. The maximum atomic E-state index is 5.99. The van der Waals surface area contributed by atoms with Gasteiger partial charge in [-0.15, -0.1) is 0 Å². The van der Waals surface area contributed by atoms with E-state index in [4.69, 9.17) is 16.1 Å². The minimum absolute atomic E-state index is 0.196. The highest BCUT2D eigenvalue weighted by atomic mass is 35.5. The van der Waals surface area contributed by atoms with Crippen LogP contribution in [-0.2, 0) is 0 Å². The van der Waals surface area contributed by atoms with Gasteiger partial charge < -0.3 is 9.84 Å². The van der Waals surface area contributed by atoms with Gasteiger partial charge in [-0.1, -0.05) is 30.6 Å². The summed E-state index contributed by atoms with van der Waals surface area (Å²) < 4.78 is 5.45. The van der Waals surface area contributed by atoms with E-state index >= 15 is 0 Å². The molecule has 0 fully saturated rings. The zero-order valence-electron chi connectivity index (χ0n) is 13.6. The van der Waals surface area contributed by atoms with E-state index in [0.717, 1.165) is 5.56 Å². The third-order valence-electron chi connectivity index (χ3n) is 3.42. The number of halogens is 1. The molecule has 1 N–H and O–H groups in total. The normalized spacial score (nSPS) is 12.4. The van der Waals surface area contributed by atoms with Crippen molar-refractivity contribution >= 4 is 17.4 Å². The molecule has 8 heteroatoms. The largest absolute Gasteiger partial charge is 0.358 e. The van der Waals surface area contributed by atoms with Crippen LogP contribution in [0.15, 0.2) is 35.1 Å². The van der Waals surface area contributed by atoms with Gasteiger partial charge in [0.1, 0.15) is 22.8 Å². The zero-order valence-corrected chi connectivity index (χ0v) is 14.3. The van der Waals surface area contributed by atoms with Crippen LogP contribution in [0.25, 0.3) is 11.4 Å². The zero-order chi connectivity index (χ0) is 17.1. The van der Waals surface area contributed by atoms with Gasteiger partial charge in [0.15, 0.2) is 0 Å². The van der Waals surface area contributed by atoms with Gasteiger partial charge in [0.25, 0.3) is 0 Å². The molecule has 0 amide bonds. The maximum Gasteiger partial charge on any atom is 0.249 e. The van der Waals surface area contributed by atoms with E-state index in [1.54, 1.807) is 25.4 Å². The van der Waals surface area contributed by atoms with Crippen molar-refractivity contribution in [1.29, 1.82) is 0 Å². The molecule has 3 rings (SSSR count). The predicted molar refractivity (Wildman–Crippen MR) is 90.5 cm³/mol. The van der Waals surface area contributed by atoms with Crippen molar-refractivity contribution in [2.75, 3.05) is 5.32 Å². The Labute approximate surface area is 144 Å². The predicted octanol–water partition coefficient (Wildman–Crippen LogP) is 3.69. The van der Waals surface area contributed by atoms with Crippen molar-refractivity contribution in [3.8, 4) is 11.4 Å². The van der Waals surface area contributed by atoms with E-state index in [9.17, 15) is 0 Å². The van der Waals surface area contributed by atoms with Crippen LogP contribution in [0.4, 0.5) is 5.82 Å². The summed E-state index contributed by atoms with van der Waals surface area (Å²) in [5.41, 5.74) is 0.850. The first-order valence-corrected chi connectivity index (χ1v) is 7.92. The number of anilines is 1. The number of hydrogen-bond donors (Lipinski definition) is 1. The summed E-state index contributed by atoms with van der Waals surface area (Å²) in [7, 11) is 0. The van der Waals surface area contributed by atoms with Gasteiger partial charge in [-0.25, -0.2) is 9.97 Å². The van der Waals surface area contributed by atoms with E-state index in [0.29, 0.717) is 28.5 Å². The van der Waals surface area contributed by atoms with Crippen LogP contribution in [0.1, 0.15) is 31.6 Å². The first-order chi connectivity index (χ1) is 11.5. The molecule has 24 heavy (non-hydrogen) atoms. The van der Waals surface area contributed by atoms with Crippen LogP contribution in [0, 0.1) is 12.8 Å². The monoisotopic (exact) mass is 344 g/mol. The summed E-state index contributed by atoms with van der Waals surface area (Å²) >= 11 is 5.99. The first kappa shape index (κ1) is 16.3. The van der Waals surface area contributed by atoms with E-state index in [1.807, 2.05) is 12.1 Å². The topological polar surface area (TPSA) is 89.6 Å². The SMILES string of the molecule is Cc1nc(Cl)cc(NC(c2nc(-c3ccncc3)no2)C(C)C)n1. The van der Waals surface area contributed by atoms with Crippen LogP contribution in [-0.4, -0.2) is 25.1 Å². The van der Waals surface area contributed by atoms with Crippen LogP contribution in [0.2, 0.25) is 5.15 Å². The summed E-state index contributed by atoms with van der Waals surface area (Å²) in [4.78, 5) is 16.9. The van der Waals surface area contributed by atoms with Gasteiger partial charge in [0, 0.05) is 24.0 Å². The lowest BCUT2D eigenvalue weighted by molar-refractivity contribution is 0.335. The smallest absolute Gasteiger partial charge is 0.249 e. The number of hydrogen-bond acceptors (Lipinski definition) is 7. The second kappa shape index (κ2) is 6.92. The molecule has 3 aromatic heterocycles. The Hall–Kier alpha value is -2.54. The van der Waals surface area contributed by atoms with Crippen molar-refractivity contribution in [2.45, 2.75) is 26.8 Å². The molecule has 0 aromatic carbocycles. The minimum Gasteiger partial charge on any atom is -0.358 e. The number of aromatic nitrogens is 5. The van der Waals surface area contributed by atoms with Crippen molar-refractivity contribution in [3.05, 3.63) is 47.5 Å². The lowest BCUT2D eigenvalue weighted by Crippen LogP contribution is -2.18. The highest BCUT2D eigenvalue weighted by Crippen LogP contribution is 2.27. The number of aryl methyl sites for hydroxylation is 1. The molecule has 7 nitrogen and oxygen atoms in total. The van der Waals surface area contributed by atoms with E-state index in [-0.39, 0.29) is 12.0 Å². The Morgan fingerprint density at radius 2 is 1.88 bits per heavy atom. The molecular weight excluding hydrogens is 328 g/mol. The van der Waals surface area contributed by atoms with E-state index in [2.05, 4.69) is 44.3 Å². The van der Waals surface area contributed by atoms with Gasteiger partial charge in [0.2, 0.25) is 11.7 Å². The van der Waals surface area contributed by atoms with Crippen molar-refractivity contribution in [2.24, 2.45) is 5.92 Å². The van der Waals surface area contributed by atoms with Gasteiger partial charge in [0.05, 0.1) is 0 Å². The van der Waals surface area contributed by atoms with E-state index in [1.165, 1.54) is 0 Å². The summed E-state index contributed by atoms with van der Waals surface area (Å²) in [6, 6.07) is 5.14. The summed E-state index contributed by atoms with van der Waals surface area (Å²) in [5, 5.41) is 7.74. The molecule has 0 aliphatic carbocycles. The second-order valence-corrected chi connectivity index (χ2v) is 6.07. The Morgan fingerprint density at radius 1 is 1.12 bits per heavy atom. The van der Waals surface area contributed by atoms with Crippen molar-refractivity contribution < 1.29 is 4.52 Å². The van der Waals surface area contributed by atoms with Gasteiger partial charge in [-0.05, 0) is 25.0 Å². The molecule has 0 bridgehead atoms. The second-order valence-electron chi connectivity index (χ2n) is 5.68. The minimum atomic E-state index is -0.196. The maximum absolute atomic E-state index is 5.99. The third kappa shape index (κ3) is 3.68. The van der Waals surface area contributed by atoms with Crippen LogP contribution < -0.4 is 5.32 Å². The lowest BCUT2D eigenvalue weighted by atomic mass is 10.0. The quantitative estimate of drug-likeness (QED) is 0.706. The fraction of sp³-hybridized carbons (Fsp3) is 0.312. The Morgan fingerprint density at radius 3 is 2.54 bits per heavy atom. The number of nitrogens with one attached hydrogen (secondary N) is 1. The number of nitrogens with zero attached hydrogens (tertiary/aromatic N) is 5.